The zero-order chi connectivity index (χ0) is 9.26. The molecule has 2 rings (SSSR count). The molecule has 0 aromatic carbocycles. The number of nitrogens with zero attached hydrogens (tertiary/aromatic N) is 1. The molecule has 2 aromatic rings. The second-order valence-corrected chi connectivity index (χ2v) is 2.90. The molecular weight excluding hydrogens is 164 g/mol. The van der Waals surface area contributed by atoms with Crippen molar-refractivity contribution < 1.29 is 4.42 Å². The van der Waals surface area contributed by atoms with Crippen LogP contribution in [0.4, 0.5) is 5.82 Å². The number of nitrogen functional groups attached to an aromatic ring is 1. The topological polar surface area (TPSA) is 52.0 Å². The predicted molar refractivity (Wildman–Crippen MR) is 51.1 cm³/mol. The van der Waals surface area contributed by atoms with Crippen LogP contribution < -0.4 is 5.73 Å². The summed E-state index contributed by atoms with van der Waals surface area (Å²) in [6.07, 6.45) is 5.00. The summed E-state index contributed by atoms with van der Waals surface area (Å²) >= 11 is 0. The molecule has 0 aliphatic heterocycles. The van der Waals surface area contributed by atoms with Crippen LogP contribution in [0.5, 0.6) is 0 Å². The molecule has 0 unspecified atom stereocenters. The van der Waals surface area contributed by atoms with Gasteiger partial charge in [-0.1, -0.05) is 0 Å². The second-order valence-electron chi connectivity index (χ2n) is 2.90. The molecule has 0 spiro atoms. The fourth-order valence-electron chi connectivity index (χ4n) is 1.36. The molecule has 0 saturated carbocycles. The fraction of sp³-hybridized carbons (Fsp3) is 0.100. The van der Waals surface area contributed by atoms with Gasteiger partial charge in [0, 0.05) is 17.3 Å². The van der Waals surface area contributed by atoms with Crippen molar-refractivity contribution in [2.45, 2.75) is 6.92 Å². The molecule has 0 amide bonds. The zero-order valence-corrected chi connectivity index (χ0v) is 7.32. The average Bonchev–Trinajstić information content (AvgIpc) is 2.57. The Morgan fingerprint density at radius 1 is 1.38 bits per heavy atom. The van der Waals surface area contributed by atoms with Crippen molar-refractivity contribution in [1.82, 2.24) is 4.98 Å². The summed E-state index contributed by atoms with van der Waals surface area (Å²) in [5.74, 6) is 0.543. The first-order valence-electron chi connectivity index (χ1n) is 4.02. The Bertz CT molecular complexity index is 387. The van der Waals surface area contributed by atoms with Gasteiger partial charge in [-0.05, 0) is 24.6 Å². The molecule has 2 N–H and O–H groups in total. The van der Waals surface area contributed by atoms with E-state index in [1.165, 1.54) is 0 Å². The lowest BCUT2D eigenvalue weighted by Crippen LogP contribution is -1.94. The van der Waals surface area contributed by atoms with E-state index in [1.807, 2.05) is 19.1 Å². The summed E-state index contributed by atoms with van der Waals surface area (Å²) < 4.78 is 5.00. The Hall–Kier alpha value is -1.77. The van der Waals surface area contributed by atoms with Crippen molar-refractivity contribution in [3.63, 3.8) is 0 Å². The predicted octanol–water partition coefficient (Wildman–Crippen LogP) is 2.23. The van der Waals surface area contributed by atoms with E-state index < -0.39 is 0 Å². The lowest BCUT2D eigenvalue weighted by molar-refractivity contribution is 0.568. The van der Waals surface area contributed by atoms with Crippen LogP contribution in [0.3, 0.4) is 0 Å². The molecular formula is C10H10N2O. The third-order valence-electron chi connectivity index (χ3n) is 2.00. The SMILES string of the molecule is Cc1ccnc(N)c1-c1ccoc1. The number of aryl methyl sites for hydroxylation is 1. The van der Waals surface area contributed by atoms with E-state index in [2.05, 4.69) is 4.98 Å². The summed E-state index contributed by atoms with van der Waals surface area (Å²) in [7, 11) is 0. The van der Waals surface area contributed by atoms with Crippen molar-refractivity contribution in [3.05, 3.63) is 36.4 Å². The van der Waals surface area contributed by atoms with Crippen LogP contribution in [-0.2, 0) is 0 Å². The molecule has 3 heteroatoms. The molecule has 2 aromatic heterocycles. The van der Waals surface area contributed by atoms with Crippen molar-refractivity contribution in [2.24, 2.45) is 0 Å². The average molecular weight is 174 g/mol. The number of rotatable bonds is 1. The van der Waals surface area contributed by atoms with Crippen LogP contribution in [0.2, 0.25) is 0 Å². The van der Waals surface area contributed by atoms with Crippen LogP contribution in [-0.4, -0.2) is 4.98 Å². The molecule has 0 atom stereocenters. The van der Waals surface area contributed by atoms with E-state index in [9.17, 15) is 0 Å². The monoisotopic (exact) mass is 174 g/mol. The first-order chi connectivity index (χ1) is 6.29. The second kappa shape index (κ2) is 2.94. The maximum atomic E-state index is 5.76. The number of pyridine rings is 1. The van der Waals surface area contributed by atoms with E-state index >= 15 is 0 Å². The van der Waals surface area contributed by atoms with Crippen molar-refractivity contribution >= 4 is 5.82 Å². The van der Waals surface area contributed by atoms with Gasteiger partial charge in [-0.25, -0.2) is 4.98 Å². The number of nitrogens with two attached hydrogens (primary N) is 1. The smallest absolute Gasteiger partial charge is 0.131 e. The lowest BCUT2D eigenvalue weighted by atomic mass is 10.1. The highest BCUT2D eigenvalue weighted by Crippen LogP contribution is 2.27. The highest BCUT2D eigenvalue weighted by Gasteiger charge is 2.07. The van der Waals surface area contributed by atoms with Gasteiger partial charge < -0.3 is 10.2 Å². The molecule has 66 valence electrons. The van der Waals surface area contributed by atoms with Gasteiger partial charge in [-0.15, -0.1) is 0 Å². The quantitative estimate of drug-likeness (QED) is 0.721. The van der Waals surface area contributed by atoms with Crippen molar-refractivity contribution in [3.8, 4) is 11.1 Å². The molecule has 0 radical (unpaired) electrons. The Morgan fingerprint density at radius 2 is 2.23 bits per heavy atom. The molecule has 0 bridgehead atoms. The largest absolute Gasteiger partial charge is 0.472 e. The summed E-state index contributed by atoms with van der Waals surface area (Å²) in [6.45, 7) is 2.00. The van der Waals surface area contributed by atoms with Crippen LogP contribution in [0.25, 0.3) is 11.1 Å². The summed E-state index contributed by atoms with van der Waals surface area (Å²) in [5.41, 5.74) is 8.80. The van der Waals surface area contributed by atoms with Gasteiger partial charge >= 0.3 is 0 Å². The number of anilines is 1. The molecule has 0 fully saturated rings. The van der Waals surface area contributed by atoms with Gasteiger partial charge in [0.2, 0.25) is 0 Å². The first-order valence-corrected chi connectivity index (χ1v) is 4.02. The summed E-state index contributed by atoms with van der Waals surface area (Å²) in [5, 5.41) is 0. The van der Waals surface area contributed by atoms with Gasteiger partial charge in [-0.3, -0.25) is 0 Å². The van der Waals surface area contributed by atoms with Gasteiger partial charge in [0.05, 0.1) is 12.5 Å². The van der Waals surface area contributed by atoms with Crippen molar-refractivity contribution in [2.75, 3.05) is 5.73 Å². The fourth-order valence-corrected chi connectivity index (χ4v) is 1.36. The maximum absolute atomic E-state index is 5.76. The standard InChI is InChI=1S/C10H10N2O/c1-7-2-4-12-10(11)9(7)8-3-5-13-6-8/h2-6H,1H3,(H2,11,12). The third-order valence-corrected chi connectivity index (χ3v) is 2.00. The number of hydrogen-bond acceptors (Lipinski definition) is 3. The lowest BCUT2D eigenvalue weighted by Gasteiger charge is -2.04. The minimum Gasteiger partial charge on any atom is -0.472 e. The molecule has 0 aliphatic rings. The van der Waals surface area contributed by atoms with Crippen LogP contribution in [0, 0.1) is 6.92 Å². The summed E-state index contributed by atoms with van der Waals surface area (Å²) in [6, 6.07) is 3.80. The summed E-state index contributed by atoms with van der Waals surface area (Å²) in [4.78, 5) is 4.03. The van der Waals surface area contributed by atoms with E-state index in [0.29, 0.717) is 5.82 Å². The van der Waals surface area contributed by atoms with E-state index in [-0.39, 0.29) is 0 Å². The number of furan rings is 1. The third kappa shape index (κ3) is 1.28. The Labute approximate surface area is 76.2 Å². The number of hydrogen-bond donors (Lipinski definition) is 1. The van der Waals surface area contributed by atoms with E-state index in [0.717, 1.165) is 16.7 Å². The minimum atomic E-state index is 0.543. The normalized spacial score (nSPS) is 10.2. The van der Waals surface area contributed by atoms with E-state index in [4.69, 9.17) is 10.2 Å². The van der Waals surface area contributed by atoms with Crippen LogP contribution >= 0.6 is 0 Å². The highest BCUT2D eigenvalue weighted by molar-refractivity contribution is 5.75. The Balaban J connectivity index is 2.64. The Morgan fingerprint density at radius 3 is 2.85 bits per heavy atom. The van der Waals surface area contributed by atoms with Gasteiger partial charge in [-0.2, -0.15) is 0 Å². The molecule has 2 heterocycles. The van der Waals surface area contributed by atoms with Crippen molar-refractivity contribution in [1.29, 1.82) is 0 Å². The molecule has 0 aliphatic carbocycles. The molecule has 0 saturated heterocycles. The van der Waals surface area contributed by atoms with Gasteiger partial charge in [0.1, 0.15) is 5.82 Å². The Kier molecular flexibility index (Phi) is 1.77. The number of aromatic nitrogens is 1. The molecule has 3 nitrogen and oxygen atoms in total. The minimum absolute atomic E-state index is 0.543. The van der Waals surface area contributed by atoms with Gasteiger partial charge in [0.25, 0.3) is 0 Å². The first kappa shape index (κ1) is 7.86. The van der Waals surface area contributed by atoms with Gasteiger partial charge in [0.15, 0.2) is 0 Å². The highest BCUT2D eigenvalue weighted by atomic mass is 16.3. The van der Waals surface area contributed by atoms with Crippen LogP contribution in [0.15, 0.2) is 35.3 Å². The maximum Gasteiger partial charge on any atom is 0.131 e. The molecule has 13 heavy (non-hydrogen) atoms. The van der Waals surface area contributed by atoms with Crippen LogP contribution in [0.1, 0.15) is 5.56 Å². The van der Waals surface area contributed by atoms with E-state index in [1.54, 1.807) is 18.7 Å². The zero-order valence-electron chi connectivity index (χ0n) is 7.32.